The summed E-state index contributed by atoms with van der Waals surface area (Å²) in [6.45, 7) is 0. The Kier molecular flexibility index (Phi) is 5.91. The minimum Gasteiger partial charge on any atom is -0.497 e. The maximum atomic E-state index is 12.4. The van der Waals surface area contributed by atoms with E-state index in [0.717, 1.165) is 5.56 Å². The van der Waals surface area contributed by atoms with Gasteiger partial charge < -0.3 is 4.74 Å². The van der Waals surface area contributed by atoms with E-state index in [4.69, 9.17) is 9.94 Å². The Balaban J connectivity index is 2.22. The van der Waals surface area contributed by atoms with Gasteiger partial charge in [-0.05, 0) is 36.2 Å². The summed E-state index contributed by atoms with van der Waals surface area (Å²) in [6.07, 6.45) is 0.0998. The zero-order valence-electron chi connectivity index (χ0n) is 13.0. The predicted molar refractivity (Wildman–Crippen MR) is 87.2 cm³/mol. The summed E-state index contributed by atoms with van der Waals surface area (Å²) in [5.74, 6) is -0.321. The van der Waals surface area contributed by atoms with Crippen LogP contribution in [0.3, 0.4) is 0 Å². The molecule has 0 aliphatic heterocycles. The number of hydrogen-bond acceptors (Lipinski definition) is 5. The van der Waals surface area contributed by atoms with Gasteiger partial charge in [0.1, 0.15) is 11.8 Å². The molecule has 0 aromatic heterocycles. The average molecular weight is 350 g/mol. The number of rotatable bonds is 7. The van der Waals surface area contributed by atoms with Gasteiger partial charge in [-0.2, -0.15) is 4.72 Å². The zero-order valence-corrected chi connectivity index (χ0v) is 13.8. The average Bonchev–Trinajstić information content (AvgIpc) is 2.61. The van der Waals surface area contributed by atoms with Crippen LogP contribution in [0, 0.1) is 0 Å². The minimum atomic E-state index is -3.94. The number of methoxy groups -OCH3 is 1. The normalized spacial score (nSPS) is 12.4. The fourth-order valence-electron chi connectivity index (χ4n) is 2.13. The number of carbonyl (C=O) groups is 1. The number of sulfonamides is 1. The fraction of sp³-hybridized carbons (Fsp3) is 0.188. The highest BCUT2D eigenvalue weighted by Crippen LogP contribution is 2.16. The van der Waals surface area contributed by atoms with Crippen LogP contribution >= 0.6 is 0 Å². The molecule has 2 aromatic rings. The topological polar surface area (TPSA) is 105 Å². The Morgan fingerprint density at radius 3 is 2.29 bits per heavy atom. The summed E-state index contributed by atoms with van der Waals surface area (Å²) in [5.41, 5.74) is 2.24. The Morgan fingerprint density at radius 1 is 1.12 bits per heavy atom. The van der Waals surface area contributed by atoms with E-state index in [-0.39, 0.29) is 11.3 Å². The first-order valence-electron chi connectivity index (χ1n) is 7.10. The number of benzene rings is 2. The van der Waals surface area contributed by atoms with E-state index in [9.17, 15) is 13.2 Å². The lowest BCUT2D eigenvalue weighted by atomic mass is 10.1. The van der Waals surface area contributed by atoms with Gasteiger partial charge in [0, 0.05) is 0 Å². The number of carbonyl (C=O) groups excluding carboxylic acids is 1. The summed E-state index contributed by atoms with van der Waals surface area (Å²) < 4.78 is 32.2. The largest absolute Gasteiger partial charge is 0.497 e. The summed E-state index contributed by atoms with van der Waals surface area (Å²) >= 11 is 0. The standard InChI is InChI=1S/C16H18N2O5S/c1-23-13-7-9-14(10-8-13)24(21,22)18-15(16(19)17-20)11-12-5-3-2-4-6-12/h2-10,15,18,20H,11H2,1H3,(H,17,19)/t15-/m1/s1. The van der Waals surface area contributed by atoms with Crippen molar-refractivity contribution in [1.82, 2.24) is 10.2 Å². The Morgan fingerprint density at radius 2 is 1.75 bits per heavy atom. The summed E-state index contributed by atoms with van der Waals surface area (Å²) in [7, 11) is -2.46. The van der Waals surface area contributed by atoms with E-state index < -0.39 is 22.0 Å². The second kappa shape index (κ2) is 7.91. The van der Waals surface area contributed by atoms with Crippen LogP contribution in [0.25, 0.3) is 0 Å². The number of ether oxygens (including phenoxy) is 1. The minimum absolute atomic E-state index is 0.00731. The quantitative estimate of drug-likeness (QED) is 0.512. The Labute approximate surface area is 140 Å². The SMILES string of the molecule is COc1ccc(S(=O)(=O)N[C@H](Cc2ccccc2)C(=O)NO)cc1. The fourth-order valence-corrected chi connectivity index (χ4v) is 3.32. The third-order valence-electron chi connectivity index (χ3n) is 3.38. The van der Waals surface area contributed by atoms with Crippen LogP contribution in [-0.4, -0.2) is 32.7 Å². The van der Waals surface area contributed by atoms with Crippen LogP contribution in [0.5, 0.6) is 5.75 Å². The van der Waals surface area contributed by atoms with Crippen LogP contribution < -0.4 is 14.9 Å². The number of hydroxylamine groups is 1. The van der Waals surface area contributed by atoms with E-state index >= 15 is 0 Å². The molecule has 24 heavy (non-hydrogen) atoms. The summed E-state index contributed by atoms with van der Waals surface area (Å²) in [6, 6.07) is 13.5. The van der Waals surface area contributed by atoms with Gasteiger partial charge in [0.25, 0.3) is 5.91 Å². The molecule has 2 rings (SSSR count). The molecule has 0 aliphatic rings. The van der Waals surface area contributed by atoms with Gasteiger partial charge >= 0.3 is 0 Å². The van der Waals surface area contributed by atoms with Crippen molar-refractivity contribution < 1.29 is 23.2 Å². The molecule has 128 valence electrons. The van der Waals surface area contributed by atoms with Crippen LogP contribution in [-0.2, 0) is 21.2 Å². The first-order chi connectivity index (χ1) is 11.5. The predicted octanol–water partition coefficient (Wildman–Crippen LogP) is 1.09. The first-order valence-corrected chi connectivity index (χ1v) is 8.59. The van der Waals surface area contributed by atoms with Crippen molar-refractivity contribution in [2.24, 2.45) is 0 Å². The van der Waals surface area contributed by atoms with Crippen LogP contribution in [0.15, 0.2) is 59.5 Å². The van der Waals surface area contributed by atoms with E-state index in [1.165, 1.54) is 36.9 Å². The molecule has 0 aliphatic carbocycles. The molecule has 0 unspecified atom stereocenters. The molecule has 1 amide bonds. The smallest absolute Gasteiger partial charge is 0.261 e. The van der Waals surface area contributed by atoms with E-state index in [0.29, 0.717) is 5.75 Å². The van der Waals surface area contributed by atoms with Crippen molar-refractivity contribution in [3.8, 4) is 5.75 Å². The molecule has 7 nitrogen and oxygen atoms in total. The van der Waals surface area contributed by atoms with Crippen LogP contribution in [0.1, 0.15) is 5.56 Å². The molecule has 0 bridgehead atoms. The molecular formula is C16H18N2O5S. The maximum Gasteiger partial charge on any atom is 0.261 e. The molecule has 0 spiro atoms. The van der Waals surface area contributed by atoms with Gasteiger partial charge in [-0.3, -0.25) is 10.0 Å². The lowest BCUT2D eigenvalue weighted by Gasteiger charge is -2.17. The van der Waals surface area contributed by atoms with Crippen LogP contribution in [0.4, 0.5) is 0 Å². The van der Waals surface area contributed by atoms with Gasteiger partial charge in [-0.15, -0.1) is 0 Å². The van der Waals surface area contributed by atoms with Crippen molar-refractivity contribution >= 4 is 15.9 Å². The lowest BCUT2D eigenvalue weighted by Crippen LogP contribution is -2.47. The highest BCUT2D eigenvalue weighted by atomic mass is 32.2. The van der Waals surface area contributed by atoms with Crippen molar-refractivity contribution in [2.45, 2.75) is 17.4 Å². The maximum absolute atomic E-state index is 12.4. The van der Waals surface area contributed by atoms with Gasteiger partial charge in [-0.1, -0.05) is 30.3 Å². The Hall–Kier alpha value is -2.42. The first kappa shape index (κ1) is 17.9. The number of nitrogens with one attached hydrogen (secondary N) is 2. The summed E-state index contributed by atoms with van der Waals surface area (Å²) in [4.78, 5) is 11.8. The van der Waals surface area contributed by atoms with Crippen molar-refractivity contribution in [3.05, 3.63) is 60.2 Å². The molecule has 2 aromatic carbocycles. The number of amides is 1. The molecule has 1 atom stereocenters. The van der Waals surface area contributed by atoms with Crippen molar-refractivity contribution in [3.63, 3.8) is 0 Å². The molecule has 3 N–H and O–H groups in total. The molecule has 0 heterocycles. The van der Waals surface area contributed by atoms with E-state index in [2.05, 4.69) is 4.72 Å². The number of hydrogen-bond donors (Lipinski definition) is 3. The zero-order chi connectivity index (χ0) is 17.6. The van der Waals surface area contributed by atoms with Crippen molar-refractivity contribution in [2.75, 3.05) is 7.11 Å². The molecule has 0 fully saturated rings. The van der Waals surface area contributed by atoms with E-state index in [1.807, 2.05) is 6.07 Å². The molecular weight excluding hydrogens is 332 g/mol. The van der Waals surface area contributed by atoms with Gasteiger partial charge in [0.15, 0.2) is 0 Å². The molecule has 0 saturated heterocycles. The molecule has 0 saturated carbocycles. The third kappa shape index (κ3) is 4.54. The Bertz CT molecular complexity index is 776. The molecule has 8 heteroatoms. The highest BCUT2D eigenvalue weighted by molar-refractivity contribution is 7.89. The lowest BCUT2D eigenvalue weighted by molar-refractivity contribution is -0.130. The molecule has 0 radical (unpaired) electrons. The van der Waals surface area contributed by atoms with E-state index in [1.54, 1.807) is 24.3 Å². The van der Waals surface area contributed by atoms with Gasteiger partial charge in [0.05, 0.1) is 12.0 Å². The van der Waals surface area contributed by atoms with Crippen molar-refractivity contribution in [1.29, 1.82) is 0 Å². The second-order valence-electron chi connectivity index (χ2n) is 5.02. The summed E-state index contributed by atoms with van der Waals surface area (Å²) in [5, 5.41) is 8.87. The highest BCUT2D eigenvalue weighted by Gasteiger charge is 2.25. The second-order valence-corrected chi connectivity index (χ2v) is 6.73. The monoisotopic (exact) mass is 350 g/mol. The van der Waals surface area contributed by atoms with Gasteiger partial charge in [0.2, 0.25) is 10.0 Å². The van der Waals surface area contributed by atoms with Gasteiger partial charge in [-0.25, -0.2) is 13.9 Å². The van der Waals surface area contributed by atoms with Crippen LogP contribution in [0.2, 0.25) is 0 Å². The third-order valence-corrected chi connectivity index (χ3v) is 4.86.